The minimum Gasteiger partial charge on any atom is -0.302 e. The number of rotatable bonds is 2. The summed E-state index contributed by atoms with van der Waals surface area (Å²) in [6.07, 6.45) is 7.20. The molecule has 0 N–H and O–H groups in total. The highest BCUT2D eigenvalue weighted by Crippen LogP contribution is 2.17. The van der Waals surface area contributed by atoms with Gasteiger partial charge >= 0.3 is 0 Å². The molecule has 0 saturated carbocycles. The minimum atomic E-state index is 1.11. The van der Waals surface area contributed by atoms with Crippen molar-refractivity contribution in [2.24, 2.45) is 0 Å². The first kappa shape index (κ1) is 17.6. The van der Waals surface area contributed by atoms with Crippen molar-refractivity contribution < 1.29 is 0 Å². The van der Waals surface area contributed by atoms with E-state index in [-0.39, 0.29) is 0 Å². The van der Waals surface area contributed by atoms with Gasteiger partial charge in [-0.25, -0.2) is 0 Å². The summed E-state index contributed by atoms with van der Waals surface area (Å²) < 4.78 is 0. The van der Waals surface area contributed by atoms with Gasteiger partial charge in [-0.15, -0.1) is 0 Å². The van der Waals surface area contributed by atoms with Crippen LogP contribution in [0.15, 0.2) is 36.0 Å². The smallest absolute Gasteiger partial charge is 0.0193 e. The second-order valence-electron chi connectivity index (χ2n) is 3.39. The molecular formula is C15H29N. The van der Waals surface area contributed by atoms with Crippen LogP contribution in [-0.4, -0.2) is 25.0 Å². The van der Waals surface area contributed by atoms with Crippen molar-refractivity contribution in [3.8, 4) is 0 Å². The van der Waals surface area contributed by atoms with Crippen molar-refractivity contribution in [2.45, 2.75) is 41.0 Å². The van der Waals surface area contributed by atoms with Crippen molar-refractivity contribution >= 4 is 0 Å². The fourth-order valence-corrected chi connectivity index (χ4v) is 1.52. The lowest BCUT2D eigenvalue weighted by Gasteiger charge is -2.24. The van der Waals surface area contributed by atoms with Crippen molar-refractivity contribution in [2.75, 3.05) is 20.1 Å². The standard InChI is InChI=1S/C11H17N.2C2H6/c1-4-5-6-11-7-8-12(3)9-10(11)2;2*1-2/h4-6H,1,7-9H2,2-3H3;2*1-2H3/b6-5-;;. The maximum atomic E-state index is 3.67. The maximum Gasteiger partial charge on any atom is 0.0193 e. The van der Waals surface area contributed by atoms with Crippen LogP contribution in [0.25, 0.3) is 0 Å². The summed E-state index contributed by atoms with van der Waals surface area (Å²) in [4.78, 5) is 2.35. The molecule has 0 atom stereocenters. The van der Waals surface area contributed by atoms with Gasteiger partial charge in [0.05, 0.1) is 0 Å². The van der Waals surface area contributed by atoms with Crippen LogP contribution in [0.3, 0.4) is 0 Å². The van der Waals surface area contributed by atoms with E-state index in [0.29, 0.717) is 0 Å². The van der Waals surface area contributed by atoms with Crippen LogP contribution in [0.1, 0.15) is 41.0 Å². The lowest BCUT2D eigenvalue weighted by molar-refractivity contribution is 0.350. The summed E-state index contributed by atoms with van der Waals surface area (Å²) in [5.41, 5.74) is 2.97. The molecule has 0 spiro atoms. The predicted molar refractivity (Wildman–Crippen MR) is 76.8 cm³/mol. The summed E-state index contributed by atoms with van der Waals surface area (Å²) in [7, 11) is 2.16. The maximum absolute atomic E-state index is 3.67. The zero-order valence-corrected chi connectivity index (χ0v) is 12.0. The zero-order chi connectivity index (χ0) is 13.0. The third-order valence-corrected chi connectivity index (χ3v) is 2.25. The van der Waals surface area contributed by atoms with E-state index < -0.39 is 0 Å². The van der Waals surface area contributed by atoms with Gasteiger partial charge in [0.25, 0.3) is 0 Å². The molecule has 1 heteroatoms. The highest BCUT2D eigenvalue weighted by atomic mass is 15.1. The highest BCUT2D eigenvalue weighted by molar-refractivity contribution is 5.29. The van der Waals surface area contributed by atoms with E-state index in [1.165, 1.54) is 24.1 Å². The van der Waals surface area contributed by atoms with Gasteiger partial charge in [0, 0.05) is 13.1 Å². The van der Waals surface area contributed by atoms with E-state index >= 15 is 0 Å². The Labute approximate surface area is 103 Å². The molecule has 0 fully saturated rings. The Morgan fingerprint density at radius 1 is 1.19 bits per heavy atom. The predicted octanol–water partition coefficient (Wildman–Crippen LogP) is 4.43. The van der Waals surface area contributed by atoms with Crippen LogP contribution < -0.4 is 0 Å². The van der Waals surface area contributed by atoms with Crippen molar-refractivity contribution in [1.82, 2.24) is 4.90 Å². The molecule has 0 bridgehead atoms. The lowest BCUT2D eigenvalue weighted by atomic mass is 10.0. The van der Waals surface area contributed by atoms with E-state index in [1.54, 1.807) is 0 Å². The Balaban J connectivity index is 0. The van der Waals surface area contributed by atoms with Crippen LogP contribution >= 0.6 is 0 Å². The molecule has 0 radical (unpaired) electrons. The van der Waals surface area contributed by atoms with Crippen LogP contribution in [-0.2, 0) is 0 Å². The molecule has 0 saturated heterocycles. The molecule has 0 aromatic carbocycles. The Kier molecular flexibility index (Phi) is 13.5. The third kappa shape index (κ3) is 7.47. The molecule has 16 heavy (non-hydrogen) atoms. The van der Waals surface area contributed by atoms with E-state index in [2.05, 4.69) is 31.5 Å². The van der Waals surface area contributed by atoms with Gasteiger partial charge in [-0.2, -0.15) is 0 Å². The summed E-state index contributed by atoms with van der Waals surface area (Å²) in [6.45, 7) is 16.2. The van der Waals surface area contributed by atoms with Crippen molar-refractivity contribution in [3.05, 3.63) is 36.0 Å². The summed E-state index contributed by atoms with van der Waals surface area (Å²) in [5, 5.41) is 0. The SMILES string of the molecule is C=C/C=C\C1=C(C)CN(C)CC1.CC.CC. The van der Waals surface area contributed by atoms with Gasteiger partial charge in [0.2, 0.25) is 0 Å². The first-order valence-electron chi connectivity index (χ1n) is 6.40. The quantitative estimate of drug-likeness (QED) is 0.626. The van der Waals surface area contributed by atoms with Gasteiger partial charge in [0.15, 0.2) is 0 Å². The zero-order valence-electron chi connectivity index (χ0n) is 12.0. The largest absolute Gasteiger partial charge is 0.302 e. The van der Waals surface area contributed by atoms with Crippen LogP contribution in [0.5, 0.6) is 0 Å². The van der Waals surface area contributed by atoms with E-state index in [4.69, 9.17) is 0 Å². The second kappa shape index (κ2) is 12.3. The number of hydrogen-bond donors (Lipinski definition) is 0. The van der Waals surface area contributed by atoms with E-state index in [9.17, 15) is 0 Å². The third-order valence-electron chi connectivity index (χ3n) is 2.25. The topological polar surface area (TPSA) is 3.24 Å². The van der Waals surface area contributed by atoms with E-state index in [1.807, 2.05) is 39.8 Å². The van der Waals surface area contributed by atoms with Gasteiger partial charge in [-0.1, -0.05) is 58.1 Å². The molecule has 0 amide bonds. The Hall–Kier alpha value is -0.820. The summed E-state index contributed by atoms with van der Waals surface area (Å²) in [6, 6.07) is 0. The molecule has 1 rings (SSSR count). The van der Waals surface area contributed by atoms with Gasteiger partial charge < -0.3 is 4.90 Å². The minimum absolute atomic E-state index is 1.11. The first-order chi connectivity index (χ1) is 7.74. The number of nitrogens with zero attached hydrogens (tertiary/aromatic N) is 1. The molecule has 1 aliphatic heterocycles. The van der Waals surface area contributed by atoms with Crippen LogP contribution in [0.4, 0.5) is 0 Å². The molecule has 94 valence electrons. The van der Waals surface area contributed by atoms with Gasteiger partial charge in [-0.05, 0) is 26.0 Å². The summed E-state index contributed by atoms with van der Waals surface area (Å²) in [5.74, 6) is 0. The van der Waals surface area contributed by atoms with Crippen molar-refractivity contribution in [3.63, 3.8) is 0 Å². The lowest BCUT2D eigenvalue weighted by Crippen LogP contribution is -2.26. The Morgan fingerprint density at radius 2 is 1.75 bits per heavy atom. The normalized spacial score (nSPS) is 16.1. The average molecular weight is 223 g/mol. The molecule has 1 aliphatic rings. The van der Waals surface area contributed by atoms with Crippen molar-refractivity contribution in [1.29, 1.82) is 0 Å². The number of hydrogen-bond acceptors (Lipinski definition) is 1. The molecule has 0 aliphatic carbocycles. The molecule has 0 aromatic heterocycles. The molecule has 1 heterocycles. The Bertz CT molecular complexity index is 224. The van der Waals surface area contributed by atoms with E-state index in [0.717, 1.165) is 6.54 Å². The second-order valence-corrected chi connectivity index (χ2v) is 3.39. The molecular weight excluding hydrogens is 194 g/mol. The monoisotopic (exact) mass is 223 g/mol. The number of likely N-dealkylation sites (N-methyl/N-ethyl adjacent to an activating group) is 1. The fourth-order valence-electron chi connectivity index (χ4n) is 1.52. The summed E-state index contributed by atoms with van der Waals surface area (Å²) >= 11 is 0. The average Bonchev–Trinajstić information content (AvgIpc) is 2.33. The highest BCUT2D eigenvalue weighted by Gasteiger charge is 2.09. The van der Waals surface area contributed by atoms with Gasteiger partial charge in [0.1, 0.15) is 0 Å². The Morgan fingerprint density at radius 3 is 2.19 bits per heavy atom. The molecule has 0 unspecified atom stereocenters. The molecule has 1 nitrogen and oxygen atoms in total. The van der Waals surface area contributed by atoms with Crippen LogP contribution in [0, 0.1) is 0 Å². The van der Waals surface area contributed by atoms with Gasteiger partial charge in [-0.3, -0.25) is 0 Å². The number of allylic oxidation sites excluding steroid dienone is 3. The van der Waals surface area contributed by atoms with Crippen LogP contribution in [0.2, 0.25) is 0 Å². The molecule has 0 aromatic rings. The fraction of sp³-hybridized carbons (Fsp3) is 0.600. The first-order valence-corrected chi connectivity index (χ1v) is 6.40.